The molecule has 1 aliphatic heterocycles. The van der Waals surface area contributed by atoms with E-state index in [1.54, 1.807) is 42.5 Å². The van der Waals surface area contributed by atoms with E-state index in [1.165, 1.54) is 13.2 Å². The van der Waals surface area contributed by atoms with Crippen molar-refractivity contribution < 1.29 is 28.6 Å². The molecule has 168 valence electrons. The first-order valence-electron chi connectivity index (χ1n) is 10.4. The first-order valence-corrected chi connectivity index (χ1v) is 10.4. The Kier molecular flexibility index (Phi) is 7.49. The van der Waals surface area contributed by atoms with Crippen LogP contribution in [0.1, 0.15) is 32.3 Å². The van der Waals surface area contributed by atoms with Crippen molar-refractivity contribution in [2.45, 2.75) is 26.7 Å². The van der Waals surface area contributed by atoms with Gasteiger partial charge in [0.2, 0.25) is 0 Å². The van der Waals surface area contributed by atoms with Crippen LogP contribution in [0.2, 0.25) is 0 Å². The average molecular weight is 438 g/mol. The minimum Gasteiger partial charge on any atom is -0.497 e. The Hall–Kier alpha value is -3.81. The number of carbonyl (C=O) groups is 3. The summed E-state index contributed by atoms with van der Waals surface area (Å²) in [5, 5.41) is 2.21. The van der Waals surface area contributed by atoms with Crippen molar-refractivity contribution in [3.63, 3.8) is 0 Å². The molecule has 1 fully saturated rings. The number of rotatable bonds is 9. The van der Waals surface area contributed by atoms with E-state index in [1.807, 2.05) is 6.92 Å². The lowest BCUT2D eigenvalue weighted by Crippen LogP contribution is -2.54. The molecule has 0 aromatic heterocycles. The van der Waals surface area contributed by atoms with Gasteiger partial charge in [-0.2, -0.15) is 0 Å². The quantitative estimate of drug-likeness (QED) is 0.362. The topological polar surface area (TPSA) is 94.2 Å². The zero-order valence-corrected chi connectivity index (χ0v) is 18.3. The molecule has 8 nitrogen and oxygen atoms in total. The molecule has 1 heterocycles. The fourth-order valence-corrected chi connectivity index (χ4v) is 3.12. The standard InChI is InChI=1S/C24H26N2O6/c1-4-6-13-32-20-12-7-16(15-21(20)31-5-2)14-19-22(27)25-24(29)26(23(19)28)17-8-10-18(30-3)11-9-17/h7-12,14-15H,4-6,13H2,1-3H3,(H,25,27,29). The first-order chi connectivity index (χ1) is 15.5. The normalized spacial score (nSPS) is 15.0. The highest BCUT2D eigenvalue weighted by atomic mass is 16.5. The van der Waals surface area contributed by atoms with Gasteiger partial charge in [-0.1, -0.05) is 19.4 Å². The summed E-state index contributed by atoms with van der Waals surface area (Å²) in [6.45, 7) is 4.94. The van der Waals surface area contributed by atoms with Gasteiger partial charge in [0.1, 0.15) is 11.3 Å². The Morgan fingerprint density at radius 1 is 0.969 bits per heavy atom. The number of urea groups is 1. The monoisotopic (exact) mass is 438 g/mol. The number of hydrogen-bond donors (Lipinski definition) is 1. The predicted molar refractivity (Wildman–Crippen MR) is 120 cm³/mol. The van der Waals surface area contributed by atoms with Gasteiger partial charge in [-0.3, -0.25) is 14.9 Å². The van der Waals surface area contributed by atoms with E-state index < -0.39 is 17.8 Å². The van der Waals surface area contributed by atoms with Gasteiger partial charge in [-0.15, -0.1) is 0 Å². The Labute approximate surface area is 186 Å². The zero-order valence-electron chi connectivity index (χ0n) is 18.3. The second kappa shape index (κ2) is 10.5. The largest absolute Gasteiger partial charge is 0.497 e. The molecule has 1 saturated heterocycles. The first kappa shape index (κ1) is 22.9. The van der Waals surface area contributed by atoms with E-state index in [0.717, 1.165) is 17.7 Å². The third-order valence-corrected chi connectivity index (χ3v) is 4.77. The van der Waals surface area contributed by atoms with E-state index in [-0.39, 0.29) is 5.57 Å². The van der Waals surface area contributed by atoms with Crippen molar-refractivity contribution in [1.29, 1.82) is 0 Å². The summed E-state index contributed by atoms with van der Waals surface area (Å²) in [5.41, 5.74) is 0.725. The molecule has 0 atom stereocenters. The lowest BCUT2D eigenvalue weighted by Gasteiger charge is -2.26. The maximum Gasteiger partial charge on any atom is 0.335 e. The van der Waals surface area contributed by atoms with E-state index in [0.29, 0.717) is 41.7 Å². The van der Waals surface area contributed by atoms with Crippen molar-refractivity contribution in [2.24, 2.45) is 0 Å². The van der Waals surface area contributed by atoms with Gasteiger partial charge in [0.25, 0.3) is 11.8 Å². The van der Waals surface area contributed by atoms with Crippen molar-refractivity contribution in [3.05, 3.63) is 53.6 Å². The number of barbiturate groups is 1. The van der Waals surface area contributed by atoms with Gasteiger partial charge in [0.15, 0.2) is 11.5 Å². The minimum absolute atomic E-state index is 0.164. The molecule has 0 radical (unpaired) electrons. The third-order valence-electron chi connectivity index (χ3n) is 4.77. The summed E-state index contributed by atoms with van der Waals surface area (Å²) in [4.78, 5) is 38.7. The number of imide groups is 2. The molecule has 2 aromatic rings. The molecule has 1 N–H and O–H groups in total. The Bertz CT molecular complexity index is 1030. The van der Waals surface area contributed by atoms with Crippen LogP contribution < -0.4 is 24.4 Å². The molecular weight excluding hydrogens is 412 g/mol. The predicted octanol–water partition coefficient (Wildman–Crippen LogP) is 3.94. The fraction of sp³-hybridized carbons (Fsp3) is 0.292. The summed E-state index contributed by atoms with van der Waals surface area (Å²) < 4.78 is 16.5. The van der Waals surface area contributed by atoms with Crippen molar-refractivity contribution in [1.82, 2.24) is 5.32 Å². The SMILES string of the molecule is CCCCOc1ccc(C=C2C(=O)NC(=O)N(c3ccc(OC)cc3)C2=O)cc1OCC. The van der Waals surface area contributed by atoms with Gasteiger partial charge in [-0.25, -0.2) is 9.69 Å². The maximum absolute atomic E-state index is 13.0. The van der Waals surface area contributed by atoms with Crippen molar-refractivity contribution in [2.75, 3.05) is 25.2 Å². The lowest BCUT2D eigenvalue weighted by atomic mass is 10.1. The summed E-state index contributed by atoms with van der Waals surface area (Å²) in [6, 6.07) is 10.8. The number of anilines is 1. The zero-order chi connectivity index (χ0) is 23.1. The van der Waals surface area contributed by atoms with Crippen LogP contribution in [0.25, 0.3) is 6.08 Å². The van der Waals surface area contributed by atoms with Crippen LogP contribution >= 0.6 is 0 Å². The molecule has 0 bridgehead atoms. The number of carbonyl (C=O) groups excluding carboxylic acids is 3. The molecule has 32 heavy (non-hydrogen) atoms. The van der Waals surface area contributed by atoms with Crippen LogP contribution in [0.4, 0.5) is 10.5 Å². The second-order valence-corrected chi connectivity index (χ2v) is 7.00. The minimum atomic E-state index is -0.808. The maximum atomic E-state index is 13.0. The summed E-state index contributed by atoms with van der Waals surface area (Å²) in [7, 11) is 1.52. The molecule has 2 aromatic carbocycles. The van der Waals surface area contributed by atoms with E-state index in [2.05, 4.69) is 12.2 Å². The van der Waals surface area contributed by atoms with Crippen molar-refractivity contribution in [3.8, 4) is 17.2 Å². The number of ether oxygens (including phenoxy) is 3. The van der Waals surface area contributed by atoms with Crippen molar-refractivity contribution >= 4 is 29.6 Å². The molecule has 0 spiro atoms. The highest BCUT2D eigenvalue weighted by Gasteiger charge is 2.36. The Balaban J connectivity index is 1.91. The molecule has 8 heteroatoms. The summed E-state index contributed by atoms with van der Waals surface area (Å²) >= 11 is 0. The smallest absolute Gasteiger partial charge is 0.335 e. The number of nitrogens with zero attached hydrogens (tertiary/aromatic N) is 1. The van der Waals surface area contributed by atoms with Crippen LogP contribution in [-0.2, 0) is 9.59 Å². The fourth-order valence-electron chi connectivity index (χ4n) is 3.12. The molecule has 3 rings (SSSR count). The van der Waals surface area contributed by atoms with E-state index in [4.69, 9.17) is 14.2 Å². The van der Waals surface area contributed by atoms with Gasteiger partial charge in [0.05, 0.1) is 26.0 Å². The summed E-state index contributed by atoms with van der Waals surface area (Å²) in [6.07, 6.45) is 3.36. The number of unbranched alkanes of at least 4 members (excludes halogenated alkanes) is 1. The Morgan fingerprint density at radius 3 is 2.38 bits per heavy atom. The summed E-state index contributed by atoms with van der Waals surface area (Å²) in [5.74, 6) is 0.216. The van der Waals surface area contributed by atoms with Gasteiger partial charge >= 0.3 is 6.03 Å². The number of nitrogens with one attached hydrogen (secondary N) is 1. The number of benzene rings is 2. The van der Waals surface area contributed by atoms with Gasteiger partial charge in [-0.05, 0) is 61.4 Å². The van der Waals surface area contributed by atoms with E-state index in [9.17, 15) is 14.4 Å². The van der Waals surface area contributed by atoms with Crippen LogP contribution in [0.5, 0.6) is 17.2 Å². The lowest BCUT2D eigenvalue weighted by molar-refractivity contribution is -0.122. The van der Waals surface area contributed by atoms with Crippen LogP contribution in [0, 0.1) is 0 Å². The Morgan fingerprint density at radius 2 is 1.72 bits per heavy atom. The van der Waals surface area contributed by atoms with E-state index >= 15 is 0 Å². The molecular formula is C24H26N2O6. The molecule has 4 amide bonds. The molecule has 1 aliphatic rings. The van der Waals surface area contributed by atoms with Gasteiger partial charge in [0, 0.05) is 0 Å². The number of methoxy groups -OCH3 is 1. The molecule has 0 unspecified atom stereocenters. The highest BCUT2D eigenvalue weighted by molar-refractivity contribution is 6.39. The van der Waals surface area contributed by atoms with Crippen LogP contribution in [0.3, 0.4) is 0 Å². The number of amides is 4. The van der Waals surface area contributed by atoms with Crippen LogP contribution in [-0.4, -0.2) is 38.2 Å². The van der Waals surface area contributed by atoms with Crippen LogP contribution in [0.15, 0.2) is 48.0 Å². The second-order valence-electron chi connectivity index (χ2n) is 7.00. The highest BCUT2D eigenvalue weighted by Crippen LogP contribution is 2.30. The molecule has 0 aliphatic carbocycles. The molecule has 0 saturated carbocycles. The number of hydrogen-bond acceptors (Lipinski definition) is 6. The van der Waals surface area contributed by atoms with Gasteiger partial charge < -0.3 is 14.2 Å². The third kappa shape index (κ3) is 5.08. The average Bonchev–Trinajstić information content (AvgIpc) is 2.78.